The molecule has 2 unspecified atom stereocenters. The van der Waals surface area contributed by atoms with Crippen molar-refractivity contribution in [1.29, 1.82) is 0 Å². The number of hydrogen-bond acceptors (Lipinski definition) is 7. The zero-order chi connectivity index (χ0) is 21.4. The molecule has 1 amide bonds. The zero-order valence-corrected chi connectivity index (χ0v) is 18.0. The number of carbonyl (C=O) groups excluding carboxylic acids is 2. The van der Waals surface area contributed by atoms with Crippen LogP contribution in [0, 0.1) is 0 Å². The number of hydrogen-bond donors (Lipinski definition) is 0. The van der Waals surface area contributed by atoms with Gasteiger partial charge in [-0.2, -0.15) is 4.68 Å². The fourth-order valence-electron chi connectivity index (χ4n) is 4.18. The second kappa shape index (κ2) is 8.32. The van der Waals surface area contributed by atoms with Crippen LogP contribution in [-0.2, 0) is 6.42 Å². The van der Waals surface area contributed by atoms with Gasteiger partial charge in [0.05, 0.1) is 12.3 Å². The highest BCUT2D eigenvalue weighted by atomic mass is 32.2. The minimum atomic E-state index is -0.323. The smallest absolute Gasteiger partial charge is 0.289 e. The van der Waals surface area contributed by atoms with Gasteiger partial charge in [0.25, 0.3) is 11.8 Å². The predicted octanol–water partition coefficient (Wildman–Crippen LogP) is 2.75. The molecule has 8 nitrogen and oxygen atoms in total. The van der Waals surface area contributed by atoms with E-state index in [1.807, 2.05) is 25.1 Å². The first-order chi connectivity index (χ1) is 15.2. The second-order valence-corrected chi connectivity index (χ2v) is 8.72. The van der Waals surface area contributed by atoms with Gasteiger partial charge in [-0.3, -0.25) is 14.5 Å². The molecule has 3 aromatic rings. The Morgan fingerprint density at radius 1 is 1.16 bits per heavy atom. The topological polar surface area (TPSA) is 84.5 Å². The van der Waals surface area contributed by atoms with Crippen LogP contribution in [0.5, 0.6) is 0 Å². The zero-order valence-electron chi connectivity index (χ0n) is 17.2. The second-order valence-electron chi connectivity index (χ2n) is 7.61. The normalized spacial score (nSPS) is 20.1. The molecule has 1 aromatic carbocycles. The summed E-state index contributed by atoms with van der Waals surface area (Å²) in [6.45, 7) is 4.49. The molecule has 4 heterocycles. The van der Waals surface area contributed by atoms with Crippen LogP contribution < -0.4 is 0 Å². The van der Waals surface area contributed by atoms with Crippen LogP contribution >= 0.6 is 11.8 Å². The van der Waals surface area contributed by atoms with E-state index in [9.17, 15) is 9.59 Å². The summed E-state index contributed by atoms with van der Waals surface area (Å²) >= 11 is 1.48. The largest absolute Gasteiger partial charge is 0.459 e. The van der Waals surface area contributed by atoms with Gasteiger partial charge >= 0.3 is 0 Å². The van der Waals surface area contributed by atoms with E-state index in [2.05, 4.69) is 27.1 Å². The van der Waals surface area contributed by atoms with E-state index in [0.29, 0.717) is 49.3 Å². The Labute approximate surface area is 184 Å². The third-order valence-corrected chi connectivity index (χ3v) is 6.97. The van der Waals surface area contributed by atoms with Gasteiger partial charge in [-0.25, -0.2) is 4.98 Å². The lowest BCUT2D eigenvalue weighted by Crippen LogP contribution is -2.52. The van der Waals surface area contributed by atoms with E-state index in [4.69, 9.17) is 4.42 Å². The summed E-state index contributed by atoms with van der Waals surface area (Å²) in [6.07, 6.45) is 2.21. The number of benzene rings is 1. The van der Waals surface area contributed by atoms with Gasteiger partial charge in [0.15, 0.2) is 16.7 Å². The van der Waals surface area contributed by atoms with Crippen molar-refractivity contribution < 1.29 is 14.0 Å². The minimum absolute atomic E-state index is 0.0323. The van der Waals surface area contributed by atoms with Gasteiger partial charge in [-0.15, -0.1) is 5.10 Å². The average molecular weight is 438 g/mol. The monoisotopic (exact) mass is 437 g/mol. The molecule has 0 radical (unpaired) electrons. The number of amides is 1. The lowest BCUT2D eigenvalue weighted by Gasteiger charge is -2.40. The highest BCUT2D eigenvalue weighted by molar-refractivity contribution is 8.00. The maximum atomic E-state index is 13.2. The fraction of sp³-hybridized carbons (Fsp3) is 0.364. The molecule has 2 aliphatic heterocycles. The molecule has 160 valence electrons. The summed E-state index contributed by atoms with van der Waals surface area (Å²) in [7, 11) is 0. The number of aromatic nitrogens is 3. The van der Waals surface area contributed by atoms with E-state index >= 15 is 0 Å². The third kappa shape index (κ3) is 3.68. The van der Waals surface area contributed by atoms with E-state index < -0.39 is 0 Å². The predicted molar refractivity (Wildman–Crippen MR) is 115 cm³/mol. The summed E-state index contributed by atoms with van der Waals surface area (Å²) in [4.78, 5) is 34.5. The molecule has 0 spiro atoms. The molecule has 0 N–H and O–H groups in total. The van der Waals surface area contributed by atoms with Crippen molar-refractivity contribution in [3.63, 3.8) is 0 Å². The van der Waals surface area contributed by atoms with Crippen molar-refractivity contribution in [2.45, 2.75) is 29.8 Å². The lowest BCUT2D eigenvalue weighted by molar-refractivity contribution is 0.0516. The minimum Gasteiger partial charge on any atom is -0.459 e. The Bertz CT molecular complexity index is 1070. The number of nitrogens with zero attached hydrogens (tertiary/aromatic N) is 5. The molecule has 2 aliphatic rings. The van der Waals surface area contributed by atoms with E-state index in [0.717, 1.165) is 5.56 Å². The van der Waals surface area contributed by atoms with E-state index in [1.165, 1.54) is 22.7 Å². The SMILES string of the molecule is CCc1nc2n(n1)C(=O)C(C(c1ccccc1)N1CCN(C(=O)c3ccco3)CC1)S2. The summed E-state index contributed by atoms with van der Waals surface area (Å²) in [5.41, 5.74) is 1.08. The number of fused-ring (bicyclic) bond motifs is 1. The maximum absolute atomic E-state index is 13.2. The van der Waals surface area contributed by atoms with Crippen molar-refractivity contribution in [1.82, 2.24) is 24.6 Å². The first-order valence-electron chi connectivity index (χ1n) is 10.4. The van der Waals surface area contributed by atoms with E-state index in [-0.39, 0.29) is 23.1 Å². The highest BCUT2D eigenvalue weighted by Crippen LogP contribution is 2.41. The van der Waals surface area contributed by atoms with Crippen LogP contribution in [0.4, 0.5) is 0 Å². The number of thioether (sulfide) groups is 1. The Morgan fingerprint density at radius 2 is 1.94 bits per heavy atom. The van der Waals surface area contributed by atoms with Crippen LogP contribution in [0.25, 0.3) is 0 Å². The number of piperazine rings is 1. The molecule has 1 fully saturated rings. The van der Waals surface area contributed by atoms with Gasteiger partial charge in [0, 0.05) is 32.6 Å². The Hall–Kier alpha value is -2.91. The van der Waals surface area contributed by atoms with Gasteiger partial charge < -0.3 is 9.32 Å². The number of furan rings is 1. The van der Waals surface area contributed by atoms with Crippen LogP contribution in [-0.4, -0.2) is 67.8 Å². The Kier molecular flexibility index (Phi) is 5.37. The molecule has 9 heteroatoms. The van der Waals surface area contributed by atoms with Gasteiger partial charge in [-0.05, 0) is 17.7 Å². The third-order valence-electron chi connectivity index (χ3n) is 5.78. The van der Waals surface area contributed by atoms with Gasteiger partial charge in [0.2, 0.25) is 0 Å². The molecule has 2 atom stereocenters. The number of carbonyl (C=O) groups is 2. The molecule has 1 saturated heterocycles. The molecular weight excluding hydrogens is 414 g/mol. The molecule has 31 heavy (non-hydrogen) atoms. The van der Waals surface area contributed by atoms with Crippen molar-refractivity contribution >= 4 is 23.6 Å². The van der Waals surface area contributed by atoms with Crippen LogP contribution in [0.1, 0.15) is 39.7 Å². The van der Waals surface area contributed by atoms with Gasteiger partial charge in [-0.1, -0.05) is 49.0 Å². The van der Waals surface area contributed by atoms with Crippen molar-refractivity contribution in [3.8, 4) is 0 Å². The molecule has 2 aromatic heterocycles. The standard InChI is InChI=1S/C22H23N5O3S/c1-2-17-23-22-27(24-17)21(29)19(31-22)18(15-7-4-3-5-8-15)25-10-12-26(13-11-25)20(28)16-9-6-14-30-16/h3-9,14,18-19H,2,10-13H2,1H3. The summed E-state index contributed by atoms with van der Waals surface area (Å²) in [5.74, 6) is 0.923. The molecular formula is C22H23N5O3S. The first-order valence-corrected chi connectivity index (χ1v) is 11.3. The van der Waals surface area contributed by atoms with Crippen molar-refractivity contribution in [2.24, 2.45) is 0 Å². The average Bonchev–Trinajstić information content (AvgIpc) is 3.54. The first kappa shape index (κ1) is 20.0. The Balaban J connectivity index is 1.37. The Morgan fingerprint density at radius 3 is 2.58 bits per heavy atom. The lowest BCUT2D eigenvalue weighted by atomic mass is 10.00. The number of rotatable bonds is 5. The summed E-state index contributed by atoms with van der Waals surface area (Å²) in [6, 6.07) is 13.4. The quantitative estimate of drug-likeness (QED) is 0.607. The van der Waals surface area contributed by atoms with E-state index in [1.54, 1.807) is 17.0 Å². The molecule has 0 aliphatic carbocycles. The maximum Gasteiger partial charge on any atom is 0.289 e. The summed E-state index contributed by atoms with van der Waals surface area (Å²) in [5, 5.41) is 4.72. The highest BCUT2D eigenvalue weighted by Gasteiger charge is 2.43. The van der Waals surface area contributed by atoms with Crippen LogP contribution in [0.2, 0.25) is 0 Å². The fourth-order valence-corrected chi connectivity index (χ4v) is 5.45. The molecule has 0 saturated carbocycles. The molecule has 0 bridgehead atoms. The van der Waals surface area contributed by atoms with Crippen LogP contribution in [0.15, 0.2) is 58.3 Å². The van der Waals surface area contributed by atoms with Gasteiger partial charge in [0.1, 0.15) is 5.25 Å². The van der Waals surface area contributed by atoms with Crippen molar-refractivity contribution in [3.05, 3.63) is 65.9 Å². The summed E-state index contributed by atoms with van der Waals surface area (Å²) < 4.78 is 6.72. The molecule has 5 rings (SSSR count). The number of aryl methyl sites for hydroxylation is 1. The van der Waals surface area contributed by atoms with Crippen LogP contribution in [0.3, 0.4) is 0 Å². The van der Waals surface area contributed by atoms with Crippen molar-refractivity contribution in [2.75, 3.05) is 26.2 Å².